The summed E-state index contributed by atoms with van der Waals surface area (Å²) >= 11 is 0. The summed E-state index contributed by atoms with van der Waals surface area (Å²) in [6, 6.07) is 12.8. The summed E-state index contributed by atoms with van der Waals surface area (Å²) in [7, 11) is 0. The van der Waals surface area contributed by atoms with E-state index >= 15 is 0 Å². The van der Waals surface area contributed by atoms with Crippen molar-refractivity contribution < 1.29 is 19.7 Å². The van der Waals surface area contributed by atoms with Gasteiger partial charge in [0.15, 0.2) is 0 Å². The zero-order chi connectivity index (χ0) is 25.7. The number of hydrogen-bond acceptors (Lipinski definition) is 8. The lowest BCUT2D eigenvalue weighted by atomic mass is 9.96. The van der Waals surface area contributed by atoms with Crippen LogP contribution >= 0.6 is 0 Å². The Balaban J connectivity index is 1.64. The van der Waals surface area contributed by atoms with Gasteiger partial charge in [-0.05, 0) is 62.2 Å². The molecule has 0 aliphatic carbocycles. The number of morpholine rings is 1. The second-order valence-corrected chi connectivity index (χ2v) is 9.30. The van der Waals surface area contributed by atoms with Gasteiger partial charge in [-0.3, -0.25) is 9.78 Å². The van der Waals surface area contributed by atoms with Crippen LogP contribution in [0.2, 0.25) is 0 Å². The Bertz CT molecular complexity index is 1220. The van der Waals surface area contributed by atoms with Gasteiger partial charge in [0.25, 0.3) is 5.91 Å². The maximum Gasteiger partial charge on any atom is 0.255 e. The molecule has 0 bridgehead atoms. The van der Waals surface area contributed by atoms with E-state index in [1.165, 1.54) is 0 Å². The van der Waals surface area contributed by atoms with Crippen LogP contribution in [0.4, 0.5) is 17.3 Å². The molecule has 1 fully saturated rings. The molecule has 9 nitrogen and oxygen atoms in total. The number of carbonyl (C=O) groups excluding carboxylic acids is 1. The highest BCUT2D eigenvalue weighted by molar-refractivity contribution is 6.04. The molecule has 0 saturated carbocycles. The molecule has 1 aliphatic rings. The van der Waals surface area contributed by atoms with E-state index in [1.54, 1.807) is 44.3 Å². The average molecular weight is 492 g/mol. The topological polar surface area (TPSA) is 120 Å². The van der Waals surface area contributed by atoms with Crippen LogP contribution in [0.1, 0.15) is 35.5 Å². The average Bonchev–Trinajstić information content (AvgIpc) is 2.88. The molecular weight excluding hydrogens is 458 g/mol. The fourth-order valence-corrected chi connectivity index (χ4v) is 4.04. The Kier molecular flexibility index (Phi) is 7.83. The summed E-state index contributed by atoms with van der Waals surface area (Å²) < 4.78 is 5.48. The molecule has 4 N–H and O–H groups in total. The summed E-state index contributed by atoms with van der Waals surface area (Å²) in [5.74, 6) is 1.18. The molecule has 1 aromatic carbocycles. The molecule has 2 aromatic heterocycles. The molecule has 36 heavy (non-hydrogen) atoms. The van der Waals surface area contributed by atoms with Crippen molar-refractivity contribution in [2.75, 3.05) is 55.0 Å². The third kappa shape index (κ3) is 6.17. The van der Waals surface area contributed by atoms with Gasteiger partial charge in [-0.2, -0.15) is 0 Å². The number of pyridine rings is 2. The van der Waals surface area contributed by atoms with Gasteiger partial charge in [-0.1, -0.05) is 12.1 Å². The molecule has 3 heterocycles. The predicted molar refractivity (Wildman–Crippen MR) is 140 cm³/mol. The number of aryl methyl sites for hydroxylation is 1. The van der Waals surface area contributed by atoms with Crippen LogP contribution in [-0.4, -0.2) is 65.5 Å². The lowest BCUT2D eigenvalue weighted by Crippen LogP contribution is -2.36. The molecule has 1 saturated heterocycles. The van der Waals surface area contributed by atoms with E-state index in [2.05, 4.69) is 20.5 Å². The number of nitrogens with one attached hydrogen (secondary N) is 2. The molecule has 3 aromatic rings. The minimum Gasteiger partial charge on any atom is -0.395 e. The SMILES string of the molecule is Cc1ncc(NC(=O)c2cccc(C(C)(C)O)c2)cc1-c1cc(NCCO)nc(N2CCOCC2)c1. The monoisotopic (exact) mass is 491 g/mol. The van der Waals surface area contributed by atoms with E-state index in [4.69, 9.17) is 9.72 Å². The Hall–Kier alpha value is -3.53. The lowest BCUT2D eigenvalue weighted by molar-refractivity contribution is 0.0785. The van der Waals surface area contributed by atoms with E-state index in [9.17, 15) is 15.0 Å². The molecule has 1 amide bonds. The van der Waals surface area contributed by atoms with Gasteiger partial charge in [-0.15, -0.1) is 0 Å². The van der Waals surface area contributed by atoms with Gasteiger partial charge < -0.3 is 30.5 Å². The van der Waals surface area contributed by atoms with Crippen LogP contribution < -0.4 is 15.5 Å². The highest BCUT2D eigenvalue weighted by atomic mass is 16.5. The number of nitrogens with zero attached hydrogens (tertiary/aromatic N) is 3. The molecule has 0 atom stereocenters. The van der Waals surface area contributed by atoms with Crippen molar-refractivity contribution in [1.29, 1.82) is 0 Å². The third-order valence-electron chi connectivity index (χ3n) is 6.05. The molecule has 0 unspecified atom stereocenters. The summed E-state index contributed by atoms with van der Waals surface area (Å²) in [5.41, 5.74) is 3.20. The Morgan fingerprint density at radius 3 is 2.67 bits per heavy atom. The number of rotatable bonds is 8. The standard InChI is InChI=1S/C27H33N5O4/c1-18-23(20-14-24(28-7-10-33)31-25(15-20)32-8-11-36-12-9-32)16-22(17-29-18)30-26(34)19-5-4-6-21(13-19)27(2,3)35/h4-6,13-17,33,35H,7-12H2,1-3H3,(H,28,31)(H,30,34). The number of ether oxygens (including phenoxy) is 1. The molecule has 0 spiro atoms. The Morgan fingerprint density at radius 1 is 1.17 bits per heavy atom. The van der Waals surface area contributed by atoms with Crippen molar-refractivity contribution in [2.45, 2.75) is 26.4 Å². The molecule has 9 heteroatoms. The number of aromatic nitrogens is 2. The van der Waals surface area contributed by atoms with Crippen LogP contribution in [0.15, 0.2) is 48.7 Å². The minimum absolute atomic E-state index is 0.00441. The normalized spacial score (nSPS) is 14.0. The number of hydrogen-bond donors (Lipinski definition) is 4. The Labute approximate surface area is 211 Å². The van der Waals surface area contributed by atoms with Crippen LogP contribution in [0.5, 0.6) is 0 Å². The van der Waals surface area contributed by atoms with Crippen LogP contribution in [-0.2, 0) is 10.3 Å². The first-order chi connectivity index (χ1) is 17.2. The highest BCUT2D eigenvalue weighted by Gasteiger charge is 2.19. The maximum atomic E-state index is 13.0. The quantitative estimate of drug-likeness (QED) is 0.379. The lowest BCUT2D eigenvalue weighted by Gasteiger charge is -2.28. The van der Waals surface area contributed by atoms with Gasteiger partial charge in [0.1, 0.15) is 11.6 Å². The highest BCUT2D eigenvalue weighted by Crippen LogP contribution is 2.31. The van der Waals surface area contributed by atoms with E-state index in [1.807, 2.05) is 25.1 Å². The van der Waals surface area contributed by atoms with Crippen molar-refractivity contribution >= 4 is 23.2 Å². The smallest absolute Gasteiger partial charge is 0.255 e. The largest absolute Gasteiger partial charge is 0.395 e. The van der Waals surface area contributed by atoms with Crippen molar-refractivity contribution in [3.63, 3.8) is 0 Å². The number of carbonyl (C=O) groups is 1. The molecule has 1 aliphatic heterocycles. The fraction of sp³-hybridized carbons (Fsp3) is 0.370. The number of aliphatic hydroxyl groups is 2. The molecular formula is C27H33N5O4. The second-order valence-electron chi connectivity index (χ2n) is 9.30. The number of anilines is 3. The van der Waals surface area contributed by atoms with Gasteiger partial charge in [0.2, 0.25) is 0 Å². The van der Waals surface area contributed by atoms with Gasteiger partial charge in [0.05, 0.1) is 37.3 Å². The number of benzene rings is 1. The maximum absolute atomic E-state index is 13.0. The van der Waals surface area contributed by atoms with Gasteiger partial charge in [0, 0.05) is 36.5 Å². The second kappa shape index (κ2) is 11.0. The van der Waals surface area contributed by atoms with Crippen molar-refractivity contribution in [2.24, 2.45) is 0 Å². The number of aliphatic hydroxyl groups excluding tert-OH is 1. The zero-order valence-electron chi connectivity index (χ0n) is 20.9. The molecule has 190 valence electrons. The molecule has 0 radical (unpaired) electrons. The van der Waals surface area contributed by atoms with E-state index < -0.39 is 5.60 Å². The summed E-state index contributed by atoms with van der Waals surface area (Å²) in [4.78, 5) is 24.4. The van der Waals surface area contributed by atoms with E-state index in [0.717, 1.165) is 35.7 Å². The first kappa shape index (κ1) is 25.6. The van der Waals surface area contributed by atoms with E-state index in [-0.39, 0.29) is 12.5 Å². The van der Waals surface area contributed by atoms with Crippen LogP contribution in [0.3, 0.4) is 0 Å². The number of amides is 1. The predicted octanol–water partition coefficient (Wildman–Crippen LogP) is 3.17. The van der Waals surface area contributed by atoms with Gasteiger partial charge >= 0.3 is 0 Å². The van der Waals surface area contributed by atoms with Gasteiger partial charge in [-0.25, -0.2) is 4.98 Å². The zero-order valence-corrected chi connectivity index (χ0v) is 20.9. The van der Waals surface area contributed by atoms with Crippen molar-refractivity contribution in [3.8, 4) is 11.1 Å². The fourth-order valence-electron chi connectivity index (χ4n) is 4.04. The van der Waals surface area contributed by atoms with Crippen molar-refractivity contribution in [1.82, 2.24) is 9.97 Å². The van der Waals surface area contributed by atoms with Crippen LogP contribution in [0.25, 0.3) is 11.1 Å². The third-order valence-corrected chi connectivity index (χ3v) is 6.05. The summed E-state index contributed by atoms with van der Waals surface area (Å²) in [5, 5.41) is 25.7. The summed E-state index contributed by atoms with van der Waals surface area (Å²) in [6.45, 7) is 8.44. The van der Waals surface area contributed by atoms with Crippen LogP contribution in [0, 0.1) is 6.92 Å². The first-order valence-corrected chi connectivity index (χ1v) is 12.1. The molecule has 4 rings (SSSR count). The first-order valence-electron chi connectivity index (χ1n) is 12.1. The minimum atomic E-state index is -1.05. The Morgan fingerprint density at radius 2 is 1.94 bits per heavy atom. The van der Waals surface area contributed by atoms with E-state index in [0.29, 0.717) is 42.4 Å². The summed E-state index contributed by atoms with van der Waals surface area (Å²) in [6.07, 6.45) is 1.63. The van der Waals surface area contributed by atoms with Crippen molar-refractivity contribution in [3.05, 3.63) is 65.5 Å².